The molecular formula is C4H10N6O. The zero-order valence-electron chi connectivity index (χ0n) is 5.78. The molecule has 0 bridgehead atoms. The molecule has 62 valence electrons. The number of nitrogens with one attached hydrogen (secondary N) is 1. The van der Waals surface area contributed by atoms with Crippen LogP contribution >= 0.6 is 0 Å². The minimum atomic E-state index is -1.42. The fourth-order valence-electron chi connectivity index (χ4n) is 0.700. The van der Waals surface area contributed by atoms with E-state index in [1.54, 1.807) is 0 Å². The Morgan fingerprint density at radius 3 is 2.18 bits per heavy atom. The van der Waals surface area contributed by atoms with Crippen molar-refractivity contribution in [3.05, 3.63) is 0 Å². The normalized spacial score (nSPS) is 21.6. The van der Waals surface area contributed by atoms with E-state index in [1.165, 1.54) is 0 Å². The van der Waals surface area contributed by atoms with E-state index < -0.39 is 12.4 Å². The number of aliphatic hydroxyl groups is 1. The predicted octanol–water partition coefficient (Wildman–Crippen LogP) is -3.18. The molecule has 11 heavy (non-hydrogen) atoms. The third-order valence-corrected chi connectivity index (χ3v) is 1.12. The molecule has 7 heteroatoms. The van der Waals surface area contributed by atoms with E-state index in [-0.39, 0.29) is 11.9 Å². The first kappa shape index (κ1) is 7.76. The number of rotatable bonds is 1. The van der Waals surface area contributed by atoms with Gasteiger partial charge in [-0.15, -0.1) is 0 Å². The molecule has 0 aromatic heterocycles. The van der Waals surface area contributed by atoms with Gasteiger partial charge in [-0.05, 0) is 0 Å². The van der Waals surface area contributed by atoms with Crippen LogP contribution in [0.4, 0.5) is 0 Å². The third-order valence-electron chi connectivity index (χ3n) is 1.12. The number of nitrogens with zero attached hydrogens (tertiary/aromatic N) is 2. The summed E-state index contributed by atoms with van der Waals surface area (Å²) in [7, 11) is 0. The van der Waals surface area contributed by atoms with Crippen LogP contribution in [0.15, 0.2) is 9.98 Å². The third kappa shape index (κ3) is 1.57. The Kier molecular flexibility index (Phi) is 1.67. The highest BCUT2D eigenvalue weighted by Gasteiger charge is 2.26. The van der Waals surface area contributed by atoms with Crippen LogP contribution in [0.25, 0.3) is 0 Å². The number of guanidine groups is 2. The number of hydrogen-bond donors (Lipinski definition) is 5. The van der Waals surface area contributed by atoms with Gasteiger partial charge < -0.3 is 16.6 Å². The molecule has 7 nitrogen and oxygen atoms in total. The smallest absolute Gasteiger partial charge is 0.232 e. The van der Waals surface area contributed by atoms with Gasteiger partial charge in [0.2, 0.25) is 5.79 Å². The molecule has 1 rings (SSSR count). The van der Waals surface area contributed by atoms with Gasteiger partial charge in [0, 0.05) is 0 Å². The molecule has 1 aliphatic heterocycles. The van der Waals surface area contributed by atoms with E-state index >= 15 is 0 Å². The highest BCUT2D eigenvalue weighted by molar-refractivity contribution is 5.98. The average Bonchev–Trinajstić information content (AvgIpc) is 1.84. The summed E-state index contributed by atoms with van der Waals surface area (Å²) in [6.45, 7) is -0.434. The molecule has 0 saturated carbocycles. The Morgan fingerprint density at radius 2 is 1.82 bits per heavy atom. The lowest BCUT2D eigenvalue weighted by atomic mass is 10.4. The summed E-state index contributed by atoms with van der Waals surface area (Å²) in [5, 5.41) is 11.1. The molecule has 0 aliphatic carbocycles. The molecule has 0 unspecified atom stereocenters. The van der Waals surface area contributed by atoms with Crippen molar-refractivity contribution >= 4 is 11.9 Å². The molecule has 0 amide bonds. The Labute approximate surface area is 63.0 Å². The summed E-state index contributed by atoms with van der Waals surface area (Å²) in [6.07, 6.45) is 0. The Hall–Kier alpha value is -1.34. The van der Waals surface area contributed by atoms with Crippen LogP contribution in [-0.4, -0.2) is 29.4 Å². The second-order valence-corrected chi connectivity index (χ2v) is 2.16. The van der Waals surface area contributed by atoms with Gasteiger partial charge in [-0.25, -0.2) is 9.98 Å². The maximum Gasteiger partial charge on any atom is 0.232 e. The summed E-state index contributed by atoms with van der Waals surface area (Å²) in [6, 6.07) is 0. The second-order valence-electron chi connectivity index (χ2n) is 2.16. The van der Waals surface area contributed by atoms with Crippen molar-refractivity contribution in [2.24, 2.45) is 27.2 Å². The number of hydrogen-bond acceptors (Lipinski definition) is 7. The predicted molar refractivity (Wildman–Crippen MR) is 40.4 cm³/mol. The van der Waals surface area contributed by atoms with Crippen molar-refractivity contribution in [2.75, 3.05) is 6.61 Å². The Bertz CT molecular complexity index is 203. The largest absolute Gasteiger partial charge is 0.390 e. The number of aliphatic hydroxyl groups excluding tert-OH is 1. The monoisotopic (exact) mass is 158 g/mol. The first-order valence-electron chi connectivity index (χ1n) is 2.93. The van der Waals surface area contributed by atoms with Crippen LogP contribution < -0.4 is 22.5 Å². The minimum Gasteiger partial charge on any atom is -0.390 e. The molecule has 0 radical (unpaired) electrons. The molecular weight excluding hydrogens is 148 g/mol. The van der Waals surface area contributed by atoms with Crippen molar-refractivity contribution < 1.29 is 5.11 Å². The van der Waals surface area contributed by atoms with Gasteiger partial charge in [-0.3, -0.25) is 11.1 Å². The molecule has 0 aromatic rings. The van der Waals surface area contributed by atoms with Gasteiger partial charge in [-0.1, -0.05) is 0 Å². The second kappa shape index (κ2) is 2.36. The van der Waals surface area contributed by atoms with Crippen LogP contribution in [0.5, 0.6) is 0 Å². The SMILES string of the molecule is NC1=NC(N)(CO)N=C(N)N1. The fourth-order valence-corrected chi connectivity index (χ4v) is 0.700. The average molecular weight is 158 g/mol. The molecule has 1 heterocycles. The standard InChI is InChI=1S/C4H10N6O/c5-2-8-3(6)10-4(7,1-11)9-2/h11H,1,7H2,(H5,5,6,8,9,10). The molecule has 0 fully saturated rings. The zero-order valence-corrected chi connectivity index (χ0v) is 5.78. The summed E-state index contributed by atoms with van der Waals surface area (Å²) in [5.74, 6) is -1.32. The lowest BCUT2D eigenvalue weighted by molar-refractivity contribution is 0.206. The van der Waals surface area contributed by atoms with E-state index in [0.29, 0.717) is 0 Å². The van der Waals surface area contributed by atoms with Gasteiger partial charge in [-0.2, -0.15) is 0 Å². The van der Waals surface area contributed by atoms with Gasteiger partial charge >= 0.3 is 0 Å². The van der Waals surface area contributed by atoms with Gasteiger partial charge in [0.1, 0.15) is 6.61 Å². The minimum absolute atomic E-state index is 0.0500. The first-order chi connectivity index (χ1) is 5.06. The maximum absolute atomic E-state index is 8.71. The van der Waals surface area contributed by atoms with Crippen LogP contribution in [-0.2, 0) is 0 Å². The summed E-state index contributed by atoms with van der Waals surface area (Å²) in [5.41, 5.74) is 15.9. The van der Waals surface area contributed by atoms with E-state index in [2.05, 4.69) is 15.3 Å². The van der Waals surface area contributed by atoms with E-state index in [0.717, 1.165) is 0 Å². The van der Waals surface area contributed by atoms with Crippen molar-refractivity contribution in [3.63, 3.8) is 0 Å². The quantitative estimate of drug-likeness (QED) is 0.274. The van der Waals surface area contributed by atoms with Crippen molar-refractivity contribution in [1.29, 1.82) is 0 Å². The molecule has 0 atom stereocenters. The van der Waals surface area contributed by atoms with Crippen LogP contribution in [0, 0.1) is 0 Å². The molecule has 0 spiro atoms. The molecule has 0 aromatic carbocycles. The highest BCUT2D eigenvalue weighted by atomic mass is 16.3. The highest BCUT2D eigenvalue weighted by Crippen LogP contribution is 2.05. The summed E-state index contributed by atoms with van der Waals surface area (Å²) < 4.78 is 0. The van der Waals surface area contributed by atoms with E-state index in [1.807, 2.05) is 0 Å². The van der Waals surface area contributed by atoms with Crippen LogP contribution in [0.1, 0.15) is 0 Å². The Morgan fingerprint density at radius 1 is 1.36 bits per heavy atom. The maximum atomic E-state index is 8.71. The van der Waals surface area contributed by atoms with Gasteiger partial charge in [0.15, 0.2) is 11.9 Å². The lowest BCUT2D eigenvalue weighted by Crippen LogP contribution is -2.54. The lowest BCUT2D eigenvalue weighted by Gasteiger charge is -2.23. The molecule has 0 saturated heterocycles. The Balaban J connectivity index is 2.89. The number of nitrogens with two attached hydrogens (primary N) is 3. The summed E-state index contributed by atoms with van der Waals surface area (Å²) >= 11 is 0. The van der Waals surface area contributed by atoms with Gasteiger partial charge in [0.25, 0.3) is 0 Å². The van der Waals surface area contributed by atoms with Crippen molar-refractivity contribution in [3.8, 4) is 0 Å². The van der Waals surface area contributed by atoms with Crippen LogP contribution in [0.3, 0.4) is 0 Å². The summed E-state index contributed by atoms with van der Waals surface area (Å²) in [4.78, 5) is 7.25. The van der Waals surface area contributed by atoms with Crippen molar-refractivity contribution in [2.45, 2.75) is 5.79 Å². The molecule has 8 N–H and O–H groups in total. The van der Waals surface area contributed by atoms with E-state index in [4.69, 9.17) is 22.3 Å². The fraction of sp³-hybridized carbons (Fsp3) is 0.500. The van der Waals surface area contributed by atoms with Crippen LogP contribution in [0.2, 0.25) is 0 Å². The number of aliphatic imine (C=N–C) groups is 2. The van der Waals surface area contributed by atoms with Crippen molar-refractivity contribution in [1.82, 2.24) is 5.32 Å². The topological polar surface area (TPSA) is 135 Å². The van der Waals surface area contributed by atoms with Gasteiger partial charge in [0.05, 0.1) is 0 Å². The van der Waals surface area contributed by atoms with E-state index in [9.17, 15) is 0 Å². The first-order valence-corrected chi connectivity index (χ1v) is 2.93. The molecule has 1 aliphatic rings. The zero-order chi connectivity index (χ0) is 8.48.